The smallest absolute Gasteiger partial charge is 0.306 e. The summed E-state index contributed by atoms with van der Waals surface area (Å²) >= 11 is 0. The van der Waals surface area contributed by atoms with Gasteiger partial charge >= 0.3 is 17.9 Å². The maximum absolute atomic E-state index is 12.8. The molecule has 0 aliphatic rings. The van der Waals surface area contributed by atoms with Gasteiger partial charge in [-0.2, -0.15) is 0 Å². The van der Waals surface area contributed by atoms with Crippen LogP contribution in [0.2, 0.25) is 0 Å². The van der Waals surface area contributed by atoms with Crippen LogP contribution < -0.4 is 0 Å². The Morgan fingerprint density at radius 3 is 0.970 bits per heavy atom. The van der Waals surface area contributed by atoms with Crippen LogP contribution in [0.4, 0.5) is 0 Å². The average Bonchev–Trinajstić information content (AvgIpc) is 3.33. The summed E-state index contributed by atoms with van der Waals surface area (Å²) in [6.07, 6.45) is 72.6. The molecular formula is C61H102O6. The molecule has 0 aliphatic heterocycles. The van der Waals surface area contributed by atoms with Crippen LogP contribution in [0.5, 0.6) is 0 Å². The largest absolute Gasteiger partial charge is 0.462 e. The normalized spacial score (nSPS) is 12.8. The monoisotopic (exact) mass is 931 g/mol. The molecule has 0 radical (unpaired) electrons. The van der Waals surface area contributed by atoms with E-state index < -0.39 is 6.10 Å². The molecule has 0 aromatic heterocycles. The third kappa shape index (κ3) is 53.2. The van der Waals surface area contributed by atoms with E-state index in [0.717, 1.165) is 77.0 Å². The van der Waals surface area contributed by atoms with E-state index in [4.69, 9.17) is 14.2 Å². The summed E-state index contributed by atoms with van der Waals surface area (Å²) in [6, 6.07) is 0. The lowest BCUT2D eigenvalue weighted by Crippen LogP contribution is -2.30. The number of ether oxygens (including phenoxy) is 3. The third-order valence-electron chi connectivity index (χ3n) is 11.8. The van der Waals surface area contributed by atoms with Gasteiger partial charge in [0.25, 0.3) is 0 Å². The third-order valence-corrected chi connectivity index (χ3v) is 11.8. The van der Waals surface area contributed by atoms with Crippen molar-refractivity contribution in [2.75, 3.05) is 13.2 Å². The molecule has 0 amide bonds. The summed E-state index contributed by atoms with van der Waals surface area (Å²) in [5.74, 6) is -1.00. The van der Waals surface area contributed by atoms with E-state index >= 15 is 0 Å². The second-order valence-corrected chi connectivity index (χ2v) is 18.3. The van der Waals surface area contributed by atoms with E-state index in [1.165, 1.54) is 128 Å². The number of carbonyl (C=O) groups excluding carboxylic acids is 3. The molecule has 67 heavy (non-hydrogen) atoms. The van der Waals surface area contributed by atoms with Crippen molar-refractivity contribution in [1.82, 2.24) is 0 Å². The Morgan fingerprint density at radius 2 is 0.597 bits per heavy atom. The molecule has 0 bridgehead atoms. The highest BCUT2D eigenvalue weighted by atomic mass is 16.6. The van der Waals surface area contributed by atoms with Crippen LogP contribution in [-0.2, 0) is 28.6 Å². The van der Waals surface area contributed by atoms with Gasteiger partial charge in [0, 0.05) is 19.3 Å². The molecule has 0 aromatic carbocycles. The van der Waals surface area contributed by atoms with Gasteiger partial charge in [-0.15, -0.1) is 0 Å². The van der Waals surface area contributed by atoms with E-state index in [1.54, 1.807) is 0 Å². The van der Waals surface area contributed by atoms with Crippen molar-refractivity contribution >= 4 is 17.9 Å². The molecule has 1 atom stereocenters. The summed E-state index contributed by atoms with van der Waals surface area (Å²) < 4.78 is 16.8. The van der Waals surface area contributed by atoms with E-state index in [0.29, 0.717) is 19.3 Å². The summed E-state index contributed by atoms with van der Waals surface area (Å²) in [6.45, 7) is 6.41. The number of allylic oxidation sites excluding steroid dienone is 16. The lowest BCUT2D eigenvalue weighted by Gasteiger charge is -2.18. The Morgan fingerprint density at radius 1 is 0.313 bits per heavy atom. The number of esters is 3. The van der Waals surface area contributed by atoms with Gasteiger partial charge < -0.3 is 14.2 Å². The van der Waals surface area contributed by atoms with E-state index in [1.807, 2.05) is 54.7 Å². The second-order valence-electron chi connectivity index (χ2n) is 18.3. The van der Waals surface area contributed by atoms with Crippen molar-refractivity contribution in [3.63, 3.8) is 0 Å². The quantitative estimate of drug-likeness (QED) is 0.0262. The molecule has 0 heterocycles. The minimum Gasteiger partial charge on any atom is -0.462 e. The fourth-order valence-corrected chi connectivity index (χ4v) is 7.59. The van der Waals surface area contributed by atoms with Gasteiger partial charge in [0.15, 0.2) is 6.10 Å². The molecule has 0 N–H and O–H groups in total. The summed E-state index contributed by atoms with van der Waals surface area (Å²) in [4.78, 5) is 38.1. The first-order valence-corrected chi connectivity index (χ1v) is 27.8. The molecule has 0 saturated heterocycles. The summed E-state index contributed by atoms with van der Waals surface area (Å²) in [5, 5.41) is 0. The Kier molecular flexibility index (Phi) is 51.9. The van der Waals surface area contributed by atoms with Gasteiger partial charge in [-0.25, -0.2) is 0 Å². The standard InChI is InChI=1S/C61H102O6/c1-4-7-10-13-16-19-22-25-27-29-31-33-36-39-42-45-48-51-54-60(63)66-57-58(56-65-59(62)53-50-47-44-41-38-35-24-21-18-15-12-9-6-3)67-61(64)55-52-49-46-43-40-37-34-32-30-28-26-23-20-17-14-11-8-5-2/h9,12,15,18,21-22,24-25,27,29,31,33,35,38,41,44,58H,4-8,10-11,13-14,16-17,19-20,23,26,28,30,32,34,36-37,39-40,42-43,45-57H2,1-3H3/b12-9+,18-15+,24-21+,25-22+,29-27+,33-31+,38-35+,44-41+. The molecule has 6 nitrogen and oxygen atoms in total. The number of unbranched alkanes of at least 4 members (excludes halogenated alkanes) is 28. The molecule has 0 spiro atoms. The maximum Gasteiger partial charge on any atom is 0.306 e. The maximum atomic E-state index is 12.8. The molecule has 0 aliphatic carbocycles. The number of hydrogen-bond acceptors (Lipinski definition) is 6. The van der Waals surface area contributed by atoms with Gasteiger partial charge in [-0.05, 0) is 57.8 Å². The molecule has 0 aromatic rings. The van der Waals surface area contributed by atoms with Crippen LogP contribution in [0, 0.1) is 0 Å². The van der Waals surface area contributed by atoms with Gasteiger partial charge in [-0.1, -0.05) is 272 Å². The van der Waals surface area contributed by atoms with Crippen LogP contribution in [0.25, 0.3) is 0 Å². The van der Waals surface area contributed by atoms with Crippen LogP contribution in [0.3, 0.4) is 0 Å². The first kappa shape index (κ1) is 63.3. The highest BCUT2D eigenvalue weighted by Crippen LogP contribution is 2.16. The number of hydrogen-bond donors (Lipinski definition) is 0. The van der Waals surface area contributed by atoms with Crippen LogP contribution in [0.1, 0.15) is 252 Å². The highest BCUT2D eigenvalue weighted by molar-refractivity contribution is 5.71. The van der Waals surface area contributed by atoms with Crippen LogP contribution >= 0.6 is 0 Å². The summed E-state index contributed by atoms with van der Waals surface area (Å²) in [5.41, 5.74) is 0. The minimum atomic E-state index is -0.814. The van der Waals surface area contributed by atoms with Crippen molar-refractivity contribution in [2.45, 2.75) is 258 Å². The van der Waals surface area contributed by atoms with Gasteiger partial charge in [0.2, 0.25) is 0 Å². The van der Waals surface area contributed by atoms with Gasteiger partial charge in [0.1, 0.15) is 13.2 Å². The molecule has 382 valence electrons. The zero-order valence-electron chi connectivity index (χ0n) is 43.6. The van der Waals surface area contributed by atoms with Gasteiger partial charge in [-0.3, -0.25) is 14.4 Å². The first-order chi connectivity index (χ1) is 33.0. The van der Waals surface area contributed by atoms with E-state index in [9.17, 15) is 14.4 Å². The average molecular weight is 931 g/mol. The Balaban J connectivity index is 4.48. The zero-order chi connectivity index (χ0) is 48.6. The zero-order valence-corrected chi connectivity index (χ0v) is 43.6. The van der Waals surface area contributed by atoms with Crippen molar-refractivity contribution in [2.24, 2.45) is 0 Å². The topological polar surface area (TPSA) is 78.9 Å². The Hall–Kier alpha value is -3.67. The predicted molar refractivity (Wildman–Crippen MR) is 288 cm³/mol. The van der Waals surface area contributed by atoms with Crippen LogP contribution in [0.15, 0.2) is 97.2 Å². The van der Waals surface area contributed by atoms with Crippen molar-refractivity contribution in [3.05, 3.63) is 97.2 Å². The molecule has 0 fully saturated rings. The molecule has 1 unspecified atom stereocenters. The van der Waals surface area contributed by atoms with Crippen molar-refractivity contribution in [1.29, 1.82) is 0 Å². The van der Waals surface area contributed by atoms with Gasteiger partial charge in [0.05, 0.1) is 0 Å². The van der Waals surface area contributed by atoms with Crippen molar-refractivity contribution in [3.8, 4) is 0 Å². The number of rotatable bonds is 49. The molecule has 6 heteroatoms. The Bertz CT molecular complexity index is 1350. The van der Waals surface area contributed by atoms with E-state index in [2.05, 4.69) is 63.3 Å². The lowest BCUT2D eigenvalue weighted by atomic mass is 10.0. The van der Waals surface area contributed by atoms with Crippen molar-refractivity contribution < 1.29 is 28.6 Å². The highest BCUT2D eigenvalue weighted by Gasteiger charge is 2.19. The molecular weight excluding hydrogens is 829 g/mol. The number of carbonyl (C=O) groups is 3. The SMILES string of the molecule is CC/C=C/C=C/C=C/C=C/C=C/CCCC(=O)OCC(COC(=O)CCCCCCC/C=C/C=C/C=C/CCCCCCC)OC(=O)CCCCCCCCCCCCCCCCCCCC. The fourth-order valence-electron chi connectivity index (χ4n) is 7.59. The molecule has 0 saturated carbocycles. The first-order valence-electron chi connectivity index (χ1n) is 27.8. The lowest BCUT2D eigenvalue weighted by molar-refractivity contribution is -0.167. The Labute approximate surface area is 413 Å². The van der Waals surface area contributed by atoms with E-state index in [-0.39, 0.29) is 37.5 Å². The summed E-state index contributed by atoms with van der Waals surface area (Å²) in [7, 11) is 0. The fraction of sp³-hybridized carbons (Fsp3) is 0.689. The second kappa shape index (κ2) is 54.9. The van der Waals surface area contributed by atoms with Crippen LogP contribution in [-0.4, -0.2) is 37.2 Å². The predicted octanol–water partition coefficient (Wildman–Crippen LogP) is 18.5. The molecule has 0 rings (SSSR count). The minimum absolute atomic E-state index is 0.110.